The molecule has 1 N–H and O–H groups in total. The maximum atomic E-state index is 12.3. The van der Waals surface area contributed by atoms with Crippen LogP contribution < -0.4 is 10.3 Å². The number of anilines is 1. The standard InChI is InChI=1S/C15H19N3O2/c1-3-4-10-16-14(19)13-11(2)17-18(15(13)20)12-8-6-5-7-9-12/h5-9,13H,3-4,10H2,1-2H3,(H,16,19)/t13-/m1/s1. The molecule has 1 aliphatic heterocycles. The zero-order valence-electron chi connectivity index (χ0n) is 11.8. The number of amides is 2. The van der Waals surface area contributed by atoms with Gasteiger partial charge in [0.25, 0.3) is 5.91 Å². The summed E-state index contributed by atoms with van der Waals surface area (Å²) in [5.74, 6) is -1.35. The van der Waals surface area contributed by atoms with E-state index >= 15 is 0 Å². The number of hydrogen-bond acceptors (Lipinski definition) is 3. The van der Waals surface area contributed by atoms with Crippen LogP contribution >= 0.6 is 0 Å². The van der Waals surface area contributed by atoms with E-state index in [-0.39, 0.29) is 11.8 Å². The Morgan fingerprint density at radius 3 is 2.70 bits per heavy atom. The van der Waals surface area contributed by atoms with Gasteiger partial charge in [-0.05, 0) is 25.5 Å². The lowest BCUT2D eigenvalue weighted by Crippen LogP contribution is -2.40. The van der Waals surface area contributed by atoms with Crippen molar-refractivity contribution in [3.05, 3.63) is 30.3 Å². The van der Waals surface area contributed by atoms with Gasteiger partial charge in [0.2, 0.25) is 5.91 Å². The first kappa shape index (κ1) is 14.2. The van der Waals surface area contributed by atoms with Crippen LogP contribution in [0.5, 0.6) is 0 Å². The minimum absolute atomic E-state index is 0.261. The second-order valence-electron chi connectivity index (χ2n) is 4.80. The van der Waals surface area contributed by atoms with Crippen LogP contribution in [0.4, 0.5) is 5.69 Å². The van der Waals surface area contributed by atoms with Crippen molar-refractivity contribution in [1.29, 1.82) is 0 Å². The maximum Gasteiger partial charge on any atom is 0.265 e. The molecule has 1 aromatic rings. The molecule has 0 fully saturated rings. The van der Waals surface area contributed by atoms with Gasteiger partial charge in [-0.3, -0.25) is 9.59 Å². The first-order valence-electron chi connectivity index (χ1n) is 6.87. The van der Waals surface area contributed by atoms with Gasteiger partial charge in [-0.2, -0.15) is 10.1 Å². The van der Waals surface area contributed by atoms with Crippen LogP contribution in [-0.2, 0) is 9.59 Å². The van der Waals surface area contributed by atoms with Crippen molar-refractivity contribution in [2.75, 3.05) is 11.6 Å². The van der Waals surface area contributed by atoms with Gasteiger partial charge in [-0.15, -0.1) is 0 Å². The minimum atomic E-state index is -0.799. The van der Waals surface area contributed by atoms with Crippen molar-refractivity contribution in [3.8, 4) is 0 Å². The van der Waals surface area contributed by atoms with Crippen LogP contribution in [0.1, 0.15) is 26.7 Å². The normalized spacial score (nSPS) is 18.1. The number of carbonyl (C=O) groups is 2. The van der Waals surface area contributed by atoms with E-state index in [4.69, 9.17) is 0 Å². The number of carbonyl (C=O) groups excluding carboxylic acids is 2. The number of nitrogens with zero attached hydrogens (tertiary/aromatic N) is 2. The molecule has 0 saturated carbocycles. The Morgan fingerprint density at radius 2 is 2.05 bits per heavy atom. The fourth-order valence-electron chi connectivity index (χ4n) is 2.11. The molecule has 20 heavy (non-hydrogen) atoms. The molecule has 0 radical (unpaired) electrons. The third-order valence-corrected chi connectivity index (χ3v) is 3.22. The summed E-state index contributed by atoms with van der Waals surface area (Å²) >= 11 is 0. The van der Waals surface area contributed by atoms with Crippen molar-refractivity contribution >= 4 is 23.2 Å². The van der Waals surface area contributed by atoms with Crippen LogP contribution in [0.3, 0.4) is 0 Å². The molecule has 5 nitrogen and oxygen atoms in total. The average Bonchev–Trinajstić information content (AvgIpc) is 2.75. The van der Waals surface area contributed by atoms with Crippen molar-refractivity contribution < 1.29 is 9.59 Å². The van der Waals surface area contributed by atoms with E-state index in [9.17, 15) is 9.59 Å². The number of para-hydroxylation sites is 1. The predicted molar refractivity (Wildman–Crippen MR) is 78.4 cm³/mol. The summed E-state index contributed by atoms with van der Waals surface area (Å²) in [5, 5.41) is 8.31. The summed E-state index contributed by atoms with van der Waals surface area (Å²) in [7, 11) is 0. The fraction of sp³-hybridized carbons (Fsp3) is 0.400. The number of unbranched alkanes of at least 4 members (excludes halogenated alkanes) is 1. The largest absolute Gasteiger partial charge is 0.355 e. The molecule has 2 rings (SSSR count). The predicted octanol–water partition coefficient (Wildman–Crippen LogP) is 1.94. The molecular formula is C15H19N3O2. The molecule has 2 amide bonds. The first-order valence-corrected chi connectivity index (χ1v) is 6.87. The first-order chi connectivity index (χ1) is 9.65. The third kappa shape index (κ3) is 2.87. The molecule has 1 aromatic carbocycles. The van der Waals surface area contributed by atoms with Gasteiger partial charge in [0, 0.05) is 6.54 Å². The summed E-state index contributed by atoms with van der Waals surface area (Å²) in [6.07, 6.45) is 1.91. The quantitative estimate of drug-likeness (QED) is 0.658. The van der Waals surface area contributed by atoms with Gasteiger partial charge >= 0.3 is 0 Å². The highest BCUT2D eigenvalue weighted by molar-refractivity contribution is 6.26. The molecule has 106 valence electrons. The van der Waals surface area contributed by atoms with E-state index in [1.807, 2.05) is 18.2 Å². The van der Waals surface area contributed by atoms with Crippen LogP contribution in [0, 0.1) is 5.92 Å². The van der Waals surface area contributed by atoms with E-state index < -0.39 is 5.92 Å². The lowest BCUT2D eigenvalue weighted by atomic mass is 10.0. The summed E-state index contributed by atoms with van der Waals surface area (Å²) < 4.78 is 0. The SMILES string of the molecule is CCCCNC(=O)[C@@H]1C(=O)N(c2ccccc2)N=C1C. The molecule has 0 spiro atoms. The highest BCUT2D eigenvalue weighted by Crippen LogP contribution is 2.23. The van der Waals surface area contributed by atoms with Crippen molar-refractivity contribution in [2.45, 2.75) is 26.7 Å². The van der Waals surface area contributed by atoms with Crippen LogP contribution in [0.2, 0.25) is 0 Å². The molecule has 0 saturated heterocycles. The highest BCUT2D eigenvalue weighted by atomic mass is 16.2. The number of benzene rings is 1. The van der Waals surface area contributed by atoms with E-state index in [0.29, 0.717) is 17.9 Å². The van der Waals surface area contributed by atoms with Crippen LogP contribution in [0.15, 0.2) is 35.4 Å². The lowest BCUT2D eigenvalue weighted by Gasteiger charge is -2.14. The van der Waals surface area contributed by atoms with Gasteiger partial charge in [0.05, 0.1) is 11.4 Å². The Balaban J connectivity index is 2.09. The summed E-state index contributed by atoms with van der Waals surface area (Å²) in [4.78, 5) is 24.4. The molecule has 1 atom stereocenters. The van der Waals surface area contributed by atoms with Crippen molar-refractivity contribution in [2.24, 2.45) is 11.0 Å². The Kier molecular flexibility index (Phi) is 4.50. The Morgan fingerprint density at radius 1 is 1.35 bits per heavy atom. The number of nitrogens with one attached hydrogen (secondary N) is 1. The minimum Gasteiger partial charge on any atom is -0.355 e. The molecule has 0 aromatic heterocycles. The second kappa shape index (κ2) is 6.32. The maximum absolute atomic E-state index is 12.3. The Labute approximate surface area is 118 Å². The number of hydrazone groups is 1. The van der Waals surface area contributed by atoms with Gasteiger partial charge in [0.1, 0.15) is 0 Å². The van der Waals surface area contributed by atoms with E-state index in [1.165, 1.54) is 5.01 Å². The lowest BCUT2D eigenvalue weighted by molar-refractivity contribution is -0.130. The van der Waals surface area contributed by atoms with Crippen molar-refractivity contribution in [1.82, 2.24) is 5.32 Å². The molecule has 0 unspecified atom stereocenters. The highest BCUT2D eigenvalue weighted by Gasteiger charge is 2.39. The summed E-state index contributed by atoms with van der Waals surface area (Å²) in [6, 6.07) is 9.14. The number of rotatable bonds is 5. The zero-order chi connectivity index (χ0) is 14.5. The van der Waals surface area contributed by atoms with E-state index in [1.54, 1.807) is 19.1 Å². The van der Waals surface area contributed by atoms with Gasteiger partial charge in [-0.25, -0.2) is 0 Å². The van der Waals surface area contributed by atoms with Crippen LogP contribution in [-0.4, -0.2) is 24.1 Å². The average molecular weight is 273 g/mol. The zero-order valence-corrected chi connectivity index (χ0v) is 11.8. The molecule has 0 aliphatic carbocycles. The molecule has 1 aliphatic rings. The van der Waals surface area contributed by atoms with Gasteiger partial charge in [-0.1, -0.05) is 31.5 Å². The van der Waals surface area contributed by atoms with Gasteiger partial charge < -0.3 is 5.32 Å². The van der Waals surface area contributed by atoms with Crippen LogP contribution in [0.25, 0.3) is 0 Å². The van der Waals surface area contributed by atoms with E-state index in [0.717, 1.165) is 12.8 Å². The van der Waals surface area contributed by atoms with Gasteiger partial charge in [0.15, 0.2) is 5.92 Å². The van der Waals surface area contributed by atoms with Crippen molar-refractivity contribution in [3.63, 3.8) is 0 Å². The Bertz CT molecular complexity index is 525. The molecular weight excluding hydrogens is 254 g/mol. The summed E-state index contributed by atoms with van der Waals surface area (Å²) in [6.45, 7) is 4.36. The smallest absolute Gasteiger partial charge is 0.265 e. The fourth-order valence-corrected chi connectivity index (χ4v) is 2.11. The molecule has 1 heterocycles. The molecule has 0 bridgehead atoms. The Hall–Kier alpha value is -2.17. The second-order valence-corrected chi connectivity index (χ2v) is 4.80. The number of hydrogen-bond donors (Lipinski definition) is 1. The third-order valence-electron chi connectivity index (χ3n) is 3.22. The topological polar surface area (TPSA) is 61.8 Å². The summed E-state index contributed by atoms with van der Waals surface area (Å²) in [5.41, 5.74) is 1.22. The monoisotopic (exact) mass is 273 g/mol. The molecule has 5 heteroatoms. The van der Waals surface area contributed by atoms with E-state index in [2.05, 4.69) is 17.3 Å².